The number of hydrogen-bond donors (Lipinski definition) is 1. The highest BCUT2D eigenvalue weighted by Crippen LogP contribution is 2.26. The first-order valence-corrected chi connectivity index (χ1v) is 9.33. The van der Waals surface area contributed by atoms with Crippen molar-refractivity contribution in [2.45, 2.75) is 26.3 Å². The van der Waals surface area contributed by atoms with E-state index in [0.29, 0.717) is 38.8 Å². The third kappa shape index (κ3) is 3.89. The summed E-state index contributed by atoms with van der Waals surface area (Å²) in [6.07, 6.45) is 3.08. The third-order valence-electron chi connectivity index (χ3n) is 4.02. The molecule has 1 aromatic carbocycles. The van der Waals surface area contributed by atoms with Crippen LogP contribution in [-0.4, -0.2) is 22.1 Å². The second kappa shape index (κ2) is 7.88. The summed E-state index contributed by atoms with van der Waals surface area (Å²) in [5, 5.41) is 1.14. The van der Waals surface area contributed by atoms with Crippen LogP contribution in [0, 0.1) is 6.92 Å². The van der Waals surface area contributed by atoms with E-state index >= 15 is 0 Å². The Morgan fingerprint density at radius 2 is 2.04 bits per heavy atom. The number of halogens is 1. The molecule has 136 valence electrons. The Morgan fingerprint density at radius 1 is 1.31 bits per heavy atom. The number of aromatic nitrogens is 2. The fourth-order valence-corrected chi connectivity index (χ4v) is 3.78. The molecule has 0 aliphatic carbocycles. The van der Waals surface area contributed by atoms with Gasteiger partial charge in [-0.3, -0.25) is 14.2 Å². The zero-order valence-corrected chi connectivity index (χ0v) is 15.8. The van der Waals surface area contributed by atoms with Crippen LogP contribution >= 0.6 is 22.9 Å². The van der Waals surface area contributed by atoms with Crippen LogP contribution in [0.5, 0.6) is 5.75 Å². The summed E-state index contributed by atoms with van der Waals surface area (Å²) in [4.78, 5) is 29.3. The molecular weight excluding hydrogens is 374 g/mol. The molecule has 2 aromatic heterocycles. The summed E-state index contributed by atoms with van der Waals surface area (Å²) in [6.45, 7) is 2.81. The molecule has 8 heteroatoms. The molecule has 0 saturated heterocycles. The van der Waals surface area contributed by atoms with Crippen LogP contribution in [0.1, 0.15) is 28.1 Å². The molecule has 1 amide bonds. The van der Waals surface area contributed by atoms with Crippen molar-refractivity contribution in [1.29, 1.82) is 0 Å². The fourth-order valence-electron chi connectivity index (χ4n) is 2.66. The van der Waals surface area contributed by atoms with E-state index in [0.717, 1.165) is 29.9 Å². The maximum atomic E-state index is 12.6. The lowest BCUT2D eigenvalue weighted by Crippen LogP contribution is -2.21. The minimum Gasteiger partial charge on any atom is -0.494 e. The number of thiophene rings is 1. The third-order valence-corrected chi connectivity index (χ3v) is 5.48. The van der Waals surface area contributed by atoms with Crippen molar-refractivity contribution in [2.24, 2.45) is 5.73 Å². The van der Waals surface area contributed by atoms with Gasteiger partial charge in [-0.25, -0.2) is 4.98 Å². The number of fused-ring (bicyclic) bond motifs is 1. The summed E-state index contributed by atoms with van der Waals surface area (Å²) < 4.78 is 7.20. The van der Waals surface area contributed by atoms with Gasteiger partial charge in [-0.2, -0.15) is 0 Å². The van der Waals surface area contributed by atoms with Gasteiger partial charge >= 0.3 is 0 Å². The van der Waals surface area contributed by atoms with Crippen LogP contribution in [-0.2, 0) is 6.54 Å². The van der Waals surface area contributed by atoms with Crippen molar-refractivity contribution in [3.8, 4) is 5.75 Å². The van der Waals surface area contributed by atoms with Crippen LogP contribution in [0.4, 0.5) is 0 Å². The van der Waals surface area contributed by atoms with Gasteiger partial charge in [0.15, 0.2) is 0 Å². The number of rotatable bonds is 7. The Kier molecular flexibility index (Phi) is 5.58. The quantitative estimate of drug-likeness (QED) is 0.625. The first-order chi connectivity index (χ1) is 12.5. The molecule has 0 fully saturated rings. The molecule has 0 aliphatic rings. The largest absolute Gasteiger partial charge is 0.494 e. The average Bonchev–Trinajstić information content (AvgIpc) is 2.96. The number of carbonyl (C=O) groups is 1. The molecule has 6 nitrogen and oxygen atoms in total. The van der Waals surface area contributed by atoms with Gasteiger partial charge in [0.1, 0.15) is 10.6 Å². The average molecular weight is 392 g/mol. The van der Waals surface area contributed by atoms with Crippen LogP contribution in [0.25, 0.3) is 10.2 Å². The molecule has 3 aromatic rings. The first-order valence-electron chi connectivity index (χ1n) is 8.14. The Labute approximate surface area is 159 Å². The molecule has 26 heavy (non-hydrogen) atoms. The van der Waals surface area contributed by atoms with Crippen LogP contribution < -0.4 is 16.0 Å². The second-order valence-electron chi connectivity index (χ2n) is 5.85. The smallest absolute Gasteiger partial charge is 0.262 e. The SMILES string of the molecule is Cc1c(C(N)=O)sc2ncn(CCCCOc3ccc(Cl)cc3)c(=O)c12. The van der Waals surface area contributed by atoms with Crippen molar-refractivity contribution in [3.05, 3.63) is 56.4 Å². The number of carbonyl (C=O) groups excluding carboxylic acids is 1. The van der Waals surface area contributed by atoms with E-state index in [4.69, 9.17) is 22.1 Å². The predicted molar refractivity (Wildman–Crippen MR) is 103 cm³/mol. The molecule has 0 atom stereocenters. The Hall–Kier alpha value is -2.38. The number of nitrogens with zero attached hydrogens (tertiary/aromatic N) is 2. The van der Waals surface area contributed by atoms with Crippen molar-refractivity contribution in [1.82, 2.24) is 9.55 Å². The maximum Gasteiger partial charge on any atom is 0.262 e. The molecule has 0 aliphatic heterocycles. The van der Waals surface area contributed by atoms with Crippen LogP contribution in [0.2, 0.25) is 5.02 Å². The van der Waals surface area contributed by atoms with E-state index in [1.165, 1.54) is 6.33 Å². The minimum absolute atomic E-state index is 0.144. The normalized spacial score (nSPS) is 11.0. The molecule has 0 bridgehead atoms. The number of ether oxygens (including phenoxy) is 1. The van der Waals surface area contributed by atoms with E-state index < -0.39 is 5.91 Å². The number of nitrogens with two attached hydrogens (primary N) is 1. The zero-order valence-electron chi connectivity index (χ0n) is 14.2. The van der Waals surface area contributed by atoms with Gasteiger partial charge in [-0.15, -0.1) is 11.3 Å². The number of benzene rings is 1. The van der Waals surface area contributed by atoms with Crippen molar-refractivity contribution >= 4 is 39.1 Å². The predicted octanol–water partition coefficient (Wildman–Crippen LogP) is 3.38. The summed E-state index contributed by atoms with van der Waals surface area (Å²) in [7, 11) is 0. The Bertz CT molecular complexity index is 995. The standard InChI is InChI=1S/C18H18ClN3O3S/c1-11-14-17(26-15(11)16(20)23)21-10-22(18(14)24)8-2-3-9-25-13-6-4-12(19)5-7-13/h4-7,10H,2-3,8-9H2,1H3,(H2,20,23). The van der Waals surface area contributed by atoms with E-state index in [9.17, 15) is 9.59 Å². The van der Waals surface area contributed by atoms with Gasteiger partial charge in [-0.05, 0) is 49.6 Å². The van der Waals surface area contributed by atoms with E-state index in [1.54, 1.807) is 23.6 Å². The fraction of sp³-hybridized carbons (Fsp3) is 0.278. The molecule has 2 heterocycles. The Balaban J connectivity index is 1.61. The highest BCUT2D eigenvalue weighted by atomic mass is 35.5. The van der Waals surface area contributed by atoms with E-state index in [2.05, 4.69) is 4.98 Å². The minimum atomic E-state index is -0.532. The molecule has 0 saturated carbocycles. The van der Waals surface area contributed by atoms with E-state index in [1.807, 2.05) is 12.1 Å². The second-order valence-corrected chi connectivity index (χ2v) is 7.29. The van der Waals surface area contributed by atoms with Gasteiger partial charge in [0.05, 0.1) is 23.2 Å². The van der Waals surface area contributed by atoms with E-state index in [-0.39, 0.29) is 5.56 Å². The summed E-state index contributed by atoms with van der Waals surface area (Å²) in [5.74, 6) is 0.235. The van der Waals surface area contributed by atoms with Gasteiger partial charge in [-0.1, -0.05) is 11.6 Å². The highest BCUT2D eigenvalue weighted by molar-refractivity contribution is 7.20. The number of aryl methyl sites for hydroxylation is 2. The number of amides is 1. The maximum absolute atomic E-state index is 12.6. The van der Waals surface area contributed by atoms with Crippen molar-refractivity contribution < 1.29 is 9.53 Å². The number of primary amides is 1. The van der Waals surface area contributed by atoms with Crippen LogP contribution in [0.15, 0.2) is 35.4 Å². The first kappa shape index (κ1) is 18.4. The summed E-state index contributed by atoms with van der Waals surface area (Å²) >= 11 is 6.99. The molecule has 3 rings (SSSR count). The summed E-state index contributed by atoms with van der Waals surface area (Å²) in [6, 6.07) is 7.20. The topological polar surface area (TPSA) is 87.2 Å². The lowest BCUT2D eigenvalue weighted by Gasteiger charge is -2.07. The van der Waals surface area contributed by atoms with Gasteiger partial charge in [0.2, 0.25) is 0 Å². The highest BCUT2D eigenvalue weighted by Gasteiger charge is 2.17. The monoisotopic (exact) mass is 391 g/mol. The van der Waals surface area contributed by atoms with Crippen molar-refractivity contribution in [3.63, 3.8) is 0 Å². The molecular formula is C18H18ClN3O3S. The number of hydrogen-bond acceptors (Lipinski definition) is 5. The van der Waals surface area contributed by atoms with Gasteiger partial charge < -0.3 is 10.5 Å². The van der Waals surface area contributed by atoms with Gasteiger partial charge in [0.25, 0.3) is 11.5 Å². The van der Waals surface area contributed by atoms with Crippen LogP contribution in [0.3, 0.4) is 0 Å². The molecule has 0 radical (unpaired) electrons. The summed E-state index contributed by atoms with van der Waals surface area (Å²) in [5.41, 5.74) is 5.81. The lowest BCUT2D eigenvalue weighted by molar-refractivity contribution is 0.100. The lowest BCUT2D eigenvalue weighted by atomic mass is 10.2. The van der Waals surface area contributed by atoms with Gasteiger partial charge in [0, 0.05) is 11.6 Å². The molecule has 0 unspecified atom stereocenters. The van der Waals surface area contributed by atoms with Crippen molar-refractivity contribution in [2.75, 3.05) is 6.61 Å². The number of unbranched alkanes of at least 4 members (excludes halogenated alkanes) is 1. The Morgan fingerprint density at radius 3 is 2.73 bits per heavy atom. The molecule has 2 N–H and O–H groups in total. The zero-order chi connectivity index (χ0) is 18.7. The molecule has 0 spiro atoms.